The Kier molecular flexibility index (Phi) is 5.86. The van der Waals surface area contributed by atoms with Gasteiger partial charge in [-0.25, -0.2) is 14.4 Å². The Bertz CT molecular complexity index is 921. The summed E-state index contributed by atoms with van der Waals surface area (Å²) in [5.74, 6) is 0.156. The lowest BCUT2D eigenvalue weighted by molar-refractivity contribution is 0.605. The van der Waals surface area contributed by atoms with Crippen LogP contribution in [0.5, 0.6) is 0 Å². The molecule has 0 aliphatic carbocycles. The zero-order valence-corrected chi connectivity index (χ0v) is 16.0. The SMILES string of the molecule is CCC(CCNC)Nc1cc(-c2c(C)cccc2F)nc2cnc(N)cc12. The molecule has 0 saturated heterocycles. The topological polar surface area (TPSA) is 75.9 Å². The van der Waals surface area contributed by atoms with Crippen LogP contribution < -0.4 is 16.4 Å². The number of hydrogen-bond donors (Lipinski definition) is 3. The molecular formula is C21H26FN5. The average Bonchev–Trinajstić information content (AvgIpc) is 2.65. The number of nitrogens with two attached hydrogens (primary N) is 1. The van der Waals surface area contributed by atoms with Crippen molar-refractivity contribution in [2.45, 2.75) is 32.7 Å². The van der Waals surface area contributed by atoms with E-state index in [1.165, 1.54) is 6.07 Å². The third kappa shape index (κ3) is 4.17. The third-order valence-electron chi connectivity index (χ3n) is 4.79. The molecule has 0 aliphatic rings. The second kappa shape index (κ2) is 8.31. The molecule has 0 bridgehead atoms. The molecule has 6 heteroatoms. The lowest BCUT2D eigenvalue weighted by Crippen LogP contribution is -2.24. The molecule has 3 rings (SSSR count). The monoisotopic (exact) mass is 367 g/mol. The zero-order valence-electron chi connectivity index (χ0n) is 16.0. The van der Waals surface area contributed by atoms with E-state index in [9.17, 15) is 4.39 Å². The molecule has 0 radical (unpaired) electrons. The second-order valence-electron chi connectivity index (χ2n) is 6.75. The summed E-state index contributed by atoms with van der Waals surface area (Å²) < 4.78 is 14.5. The normalized spacial score (nSPS) is 12.3. The van der Waals surface area contributed by atoms with Crippen LogP contribution in [0.15, 0.2) is 36.5 Å². The summed E-state index contributed by atoms with van der Waals surface area (Å²) in [6.45, 7) is 4.95. The van der Waals surface area contributed by atoms with Gasteiger partial charge in [-0.1, -0.05) is 19.1 Å². The summed E-state index contributed by atoms with van der Waals surface area (Å²) in [4.78, 5) is 8.81. The first kappa shape index (κ1) is 19.0. The molecule has 1 aromatic carbocycles. The van der Waals surface area contributed by atoms with Crippen molar-refractivity contribution >= 4 is 22.4 Å². The van der Waals surface area contributed by atoms with E-state index in [2.05, 4.69) is 27.5 Å². The summed E-state index contributed by atoms with van der Waals surface area (Å²) in [5.41, 5.74) is 9.44. The number of nitrogens with one attached hydrogen (secondary N) is 2. The molecule has 1 atom stereocenters. The Morgan fingerprint density at radius 1 is 1.26 bits per heavy atom. The van der Waals surface area contributed by atoms with Crippen LogP contribution in [0.1, 0.15) is 25.3 Å². The average molecular weight is 367 g/mol. The number of pyridine rings is 2. The Hall–Kier alpha value is -2.73. The first-order valence-corrected chi connectivity index (χ1v) is 9.26. The maximum atomic E-state index is 14.5. The standard InChI is InChI=1S/C21H26FN5/c1-4-14(8-9-24-3)26-17-11-18(21-13(2)6-5-7-16(21)22)27-19-12-25-20(23)10-15(17)19/h5-7,10-12,14,24H,4,8-9H2,1-3H3,(H2,23,25)(H,26,27). The predicted molar refractivity (Wildman–Crippen MR) is 110 cm³/mol. The number of aromatic nitrogens is 2. The fourth-order valence-electron chi connectivity index (χ4n) is 3.27. The Labute approximate surface area is 159 Å². The number of anilines is 2. The third-order valence-corrected chi connectivity index (χ3v) is 4.79. The van der Waals surface area contributed by atoms with Crippen LogP contribution in [-0.2, 0) is 0 Å². The number of nitrogen functional groups attached to an aromatic ring is 1. The lowest BCUT2D eigenvalue weighted by atomic mass is 10.0. The highest BCUT2D eigenvalue weighted by Crippen LogP contribution is 2.32. The smallest absolute Gasteiger partial charge is 0.132 e. The number of aryl methyl sites for hydroxylation is 1. The minimum atomic E-state index is -0.279. The number of halogens is 1. The molecule has 142 valence electrons. The molecule has 0 saturated carbocycles. The van der Waals surface area contributed by atoms with Gasteiger partial charge in [0.1, 0.15) is 11.6 Å². The van der Waals surface area contributed by atoms with E-state index in [-0.39, 0.29) is 11.9 Å². The van der Waals surface area contributed by atoms with E-state index in [1.807, 2.05) is 32.2 Å². The van der Waals surface area contributed by atoms with Crippen molar-refractivity contribution in [1.82, 2.24) is 15.3 Å². The van der Waals surface area contributed by atoms with Crippen LogP contribution in [0.3, 0.4) is 0 Å². The fourth-order valence-corrected chi connectivity index (χ4v) is 3.27. The van der Waals surface area contributed by atoms with Crippen LogP contribution in [0.25, 0.3) is 22.2 Å². The first-order valence-electron chi connectivity index (χ1n) is 9.26. The van der Waals surface area contributed by atoms with E-state index in [0.717, 1.165) is 36.0 Å². The predicted octanol–water partition coefficient (Wildman–Crippen LogP) is 4.13. The van der Waals surface area contributed by atoms with Gasteiger partial charge in [-0.3, -0.25) is 0 Å². The van der Waals surface area contributed by atoms with E-state index < -0.39 is 0 Å². The molecule has 3 aromatic rings. The van der Waals surface area contributed by atoms with Crippen LogP contribution in [0.2, 0.25) is 0 Å². The summed E-state index contributed by atoms with van der Waals surface area (Å²) in [6, 6.07) is 9.07. The van der Waals surface area contributed by atoms with Crippen LogP contribution in [0.4, 0.5) is 15.9 Å². The van der Waals surface area contributed by atoms with Crippen LogP contribution in [0, 0.1) is 12.7 Å². The lowest BCUT2D eigenvalue weighted by Gasteiger charge is -2.20. The van der Waals surface area contributed by atoms with Crippen molar-refractivity contribution in [2.75, 3.05) is 24.6 Å². The van der Waals surface area contributed by atoms with Crippen molar-refractivity contribution in [3.63, 3.8) is 0 Å². The number of fused-ring (bicyclic) bond motifs is 1. The first-order chi connectivity index (χ1) is 13.0. The largest absolute Gasteiger partial charge is 0.384 e. The second-order valence-corrected chi connectivity index (χ2v) is 6.75. The van der Waals surface area contributed by atoms with Gasteiger partial charge in [0.2, 0.25) is 0 Å². The highest BCUT2D eigenvalue weighted by Gasteiger charge is 2.15. The van der Waals surface area contributed by atoms with Crippen LogP contribution >= 0.6 is 0 Å². The van der Waals surface area contributed by atoms with E-state index in [4.69, 9.17) is 5.73 Å². The molecule has 0 aliphatic heterocycles. The zero-order chi connectivity index (χ0) is 19.4. The molecule has 0 spiro atoms. The van der Waals surface area contributed by atoms with Gasteiger partial charge in [-0.15, -0.1) is 0 Å². The van der Waals surface area contributed by atoms with Crippen molar-refractivity contribution in [3.05, 3.63) is 47.9 Å². The number of nitrogens with zero attached hydrogens (tertiary/aromatic N) is 2. The molecule has 27 heavy (non-hydrogen) atoms. The minimum absolute atomic E-state index is 0.279. The molecular weight excluding hydrogens is 341 g/mol. The van der Waals surface area contributed by atoms with Gasteiger partial charge < -0.3 is 16.4 Å². The van der Waals surface area contributed by atoms with E-state index in [1.54, 1.807) is 12.3 Å². The summed E-state index contributed by atoms with van der Waals surface area (Å²) in [7, 11) is 1.94. The molecule has 4 N–H and O–H groups in total. The van der Waals surface area contributed by atoms with Crippen molar-refractivity contribution in [1.29, 1.82) is 0 Å². The molecule has 2 aromatic heterocycles. The van der Waals surface area contributed by atoms with Gasteiger partial charge in [0, 0.05) is 22.7 Å². The van der Waals surface area contributed by atoms with Gasteiger partial charge in [-0.05, 0) is 57.1 Å². The minimum Gasteiger partial charge on any atom is -0.384 e. The fraction of sp³-hybridized carbons (Fsp3) is 0.333. The Balaban J connectivity index is 2.13. The van der Waals surface area contributed by atoms with Gasteiger partial charge >= 0.3 is 0 Å². The van der Waals surface area contributed by atoms with Gasteiger partial charge in [0.15, 0.2) is 0 Å². The van der Waals surface area contributed by atoms with Gasteiger partial charge in [0.25, 0.3) is 0 Å². The molecule has 0 amide bonds. The maximum Gasteiger partial charge on any atom is 0.132 e. The quantitative estimate of drug-likeness (QED) is 0.585. The molecule has 2 heterocycles. The van der Waals surface area contributed by atoms with E-state index in [0.29, 0.717) is 22.6 Å². The maximum absolute atomic E-state index is 14.5. The molecule has 0 fully saturated rings. The van der Waals surface area contributed by atoms with Crippen LogP contribution in [-0.4, -0.2) is 29.6 Å². The van der Waals surface area contributed by atoms with Gasteiger partial charge in [-0.2, -0.15) is 0 Å². The summed E-state index contributed by atoms with van der Waals surface area (Å²) in [5, 5.41) is 7.67. The summed E-state index contributed by atoms with van der Waals surface area (Å²) >= 11 is 0. The Morgan fingerprint density at radius 3 is 2.78 bits per heavy atom. The molecule has 1 unspecified atom stereocenters. The van der Waals surface area contributed by atoms with Crippen molar-refractivity contribution in [2.24, 2.45) is 0 Å². The number of benzene rings is 1. The number of hydrogen-bond acceptors (Lipinski definition) is 5. The van der Waals surface area contributed by atoms with Gasteiger partial charge in [0.05, 0.1) is 17.4 Å². The highest BCUT2D eigenvalue weighted by molar-refractivity contribution is 5.95. The van der Waals surface area contributed by atoms with Crippen molar-refractivity contribution < 1.29 is 4.39 Å². The van der Waals surface area contributed by atoms with Crippen molar-refractivity contribution in [3.8, 4) is 11.3 Å². The summed E-state index contributed by atoms with van der Waals surface area (Å²) in [6.07, 6.45) is 3.59. The molecule has 5 nitrogen and oxygen atoms in total. The highest BCUT2D eigenvalue weighted by atomic mass is 19.1. The number of rotatable bonds is 7. The Morgan fingerprint density at radius 2 is 2.07 bits per heavy atom. The van der Waals surface area contributed by atoms with E-state index >= 15 is 0 Å².